The first-order valence-electron chi connectivity index (χ1n) is 12.7. The lowest BCUT2D eigenvalue weighted by Gasteiger charge is -2.17. The summed E-state index contributed by atoms with van der Waals surface area (Å²) in [5, 5.41) is 31.4. The zero-order valence-electron chi connectivity index (χ0n) is 22.0. The van der Waals surface area contributed by atoms with Gasteiger partial charge in [-0.15, -0.1) is 0 Å². The van der Waals surface area contributed by atoms with E-state index in [0.29, 0.717) is 24.0 Å². The lowest BCUT2D eigenvalue weighted by Crippen LogP contribution is -2.31. The molecule has 2 aromatic carbocycles. The van der Waals surface area contributed by atoms with E-state index in [9.17, 15) is 33.4 Å². The molecule has 5 rings (SSSR count). The van der Waals surface area contributed by atoms with Gasteiger partial charge in [-0.05, 0) is 54.2 Å². The Balaban J connectivity index is 1.46. The maximum atomic E-state index is 13.6. The van der Waals surface area contributed by atoms with E-state index in [1.54, 1.807) is 19.1 Å². The van der Waals surface area contributed by atoms with Crippen LogP contribution >= 0.6 is 0 Å². The minimum Gasteiger partial charge on any atom is -0.364 e. The van der Waals surface area contributed by atoms with Crippen molar-refractivity contribution in [3.05, 3.63) is 99.0 Å². The number of nitrogens with one attached hydrogen (secondary N) is 3. The van der Waals surface area contributed by atoms with Gasteiger partial charge in [0.15, 0.2) is 23.6 Å². The van der Waals surface area contributed by atoms with Gasteiger partial charge >= 0.3 is 0 Å². The van der Waals surface area contributed by atoms with E-state index < -0.39 is 41.7 Å². The van der Waals surface area contributed by atoms with E-state index in [4.69, 9.17) is 0 Å². The molecular weight excluding hydrogens is 538 g/mol. The minimum atomic E-state index is -1.61. The van der Waals surface area contributed by atoms with Crippen LogP contribution in [-0.4, -0.2) is 49.6 Å². The van der Waals surface area contributed by atoms with E-state index in [1.807, 2.05) is 0 Å². The highest BCUT2D eigenvalue weighted by Gasteiger charge is 2.29. The highest BCUT2D eigenvalue weighted by Crippen LogP contribution is 2.36. The van der Waals surface area contributed by atoms with Gasteiger partial charge in [0.05, 0.1) is 12.2 Å². The summed E-state index contributed by atoms with van der Waals surface area (Å²) in [6, 6.07) is 7.40. The molecule has 11 nitrogen and oxygen atoms in total. The fraction of sp³-hybridized carbons (Fsp3) is 0.250. The van der Waals surface area contributed by atoms with E-state index in [1.165, 1.54) is 29.9 Å². The normalized spacial score (nSPS) is 14.3. The predicted molar refractivity (Wildman–Crippen MR) is 141 cm³/mol. The first kappa shape index (κ1) is 27.8. The molecular formula is C28H26F2N6O5. The average Bonchev–Trinajstić information content (AvgIpc) is 3.57. The minimum absolute atomic E-state index is 0.0285. The molecule has 2 heterocycles. The SMILES string of the molecule is CNC(=O)c1cnn2c(C(=O)NC3CCc4c3ccc(C(O)O)c4C)cc(C(=O)NCc3ccc(F)c(F)c3)nc12. The monoisotopic (exact) mass is 564 g/mol. The molecule has 1 unspecified atom stereocenters. The summed E-state index contributed by atoms with van der Waals surface area (Å²) in [5.41, 5.74) is 2.94. The molecule has 212 valence electrons. The van der Waals surface area contributed by atoms with Crippen LogP contribution in [0.25, 0.3) is 5.65 Å². The Morgan fingerprint density at radius 2 is 1.85 bits per heavy atom. The van der Waals surface area contributed by atoms with E-state index in [-0.39, 0.29) is 29.1 Å². The number of halogens is 2. The smallest absolute Gasteiger partial charge is 0.270 e. The third-order valence-corrected chi connectivity index (χ3v) is 7.16. The van der Waals surface area contributed by atoms with Gasteiger partial charge in [-0.2, -0.15) is 5.10 Å². The molecule has 1 aliphatic carbocycles. The van der Waals surface area contributed by atoms with Gasteiger partial charge in [-0.1, -0.05) is 18.2 Å². The maximum absolute atomic E-state index is 13.6. The maximum Gasteiger partial charge on any atom is 0.270 e. The highest BCUT2D eigenvalue weighted by molar-refractivity contribution is 6.03. The second-order valence-electron chi connectivity index (χ2n) is 9.62. The second-order valence-corrected chi connectivity index (χ2v) is 9.62. The summed E-state index contributed by atoms with van der Waals surface area (Å²) < 4.78 is 28.0. The second kappa shape index (κ2) is 11.0. The number of nitrogens with zero attached hydrogens (tertiary/aromatic N) is 3. The van der Waals surface area contributed by atoms with Crippen LogP contribution in [0, 0.1) is 18.6 Å². The summed E-state index contributed by atoms with van der Waals surface area (Å²) in [4.78, 5) is 43.3. The van der Waals surface area contributed by atoms with Crippen LogP contribution in [0.4, 0.5) is 8.78 Å². The summed E-state index contributed by atoms with van der Waals surface area (Å²) in [6.45, 7) is 1.65. The quantitative estimate of drug-likeness (QED) is 0.215. The number of amides is 3. The fourth-order valence-electron chi connectivity index (χ4n) is 5.02. The van der Waals surface area contributed by atoms with E-state index in [0.717, 1.165) is 28.8 Å². The molecule has 0 saturated carbocycles. The molecule has 0 saturated heterocycles. The largest absolute Gasteiger partial charge is 0.364 e. The number of hydrogen-bond acceptors (Lipinski definition) is 7. The molecule has 0 spiro atoms. The summed E-state index contributed by atoms with van der Waals surface area (Å²) >= 11 is 0. The van der Waals surface area contributed by atoms with E-state index >= 15 is 0 Å². The van der Waals surface area contributed by atoms with Crippen molar-refractivity contribution in [1.29, 1.82) is 0 Å². The topological polar surface area (TPSA) is 158 Å². The Kier molecular flexibility index (Phi) is 7.47. The molecule has 41 heavy (non-hydrogen) atoms. The molecule has 4 aromatic rings. The molecule has 0 fully saturated rings. The van der Waals surface area contributed by atoms with Crippen LogP contribution in [0.2, 0.25) is 0 Å². The summed E-state index contributed by atoms with van der Waals surface area (Å²) in [6.07, 6.45) is 0.793. The molecule has 0 aliphatic heterocycles. The first-order valence-corrected chi connectivity index (χ1v) is 12.7. The average molecular weight is 565 g/mol. The van der Waals surface area contributed by atoms with Gasteiger partial charge in [0.25, 0.3) is 17.7 Å². The van der Waals surface area contributed by atoms with Gasteiger partial charge in [0.2, 0.25) is 0 Å². The van der Waals surface area contributed by atoms with Crippen molar-refractivity contribution in [3.8, 4) is 0 Å². The van der Waals surface area contributed by atoms with Crippen LogP contribution in [0.15, 0.2) is 42.6 Å². The zero-order chi connectivity index (χ0) is 29.4. The third-order valence-electron chi connectivity index (χ3n) is 7.16. The van der Waals surface area contributed by atoms with Crippen molar-refractivity contribution in [1.82, 2.24) is 30.5 Å². The number of aliphatic hydroxyl groups is 2. The Hall–Kier alpha value is -4.75. The van der Waals surface area contributed by atoms with Crippen LogP contribution in [0.3, 0.4) is 0 Å². The molecule has 0 bridgehead atoms. The molecule has 3 amide bonds. The van der Waals surface area contributed by atoms with Crippen molar-refractivity contribution in [2.75, 3.05) is 7.05 Å². The zero-order valence-corrected chi connectivity index (χ0v) is 22.0. The van der Waals surface area contributed by atoms with Gasteiger partial charge in [-0.25, -0.2) is 18.3 Å². The Bertz CT molecular complexity index is 1700. The van der Waals surface area contributed by atoms with Crippen LogP contribution in [0.1, 0.15) is 77.9 Å². The third kappa shape index (κ3) is 5.24. The van der Waals surface area contributed by atoms with Crippen LogP contribution in [-0.2, 0) is 13.0 Å². The number of benzene rings is 2. The summed E-state index contributed by atoms with van der Waals surface area (Å²) in [7, 11) is 1.42. The number of fused-ring (bicyclic) bond motifs is 2. The van der Waals surface area contributed by atoms with Crippen molar-refractivity contribution in [2.24, 2.45) is 0 Å². The molecule has 0 radical (unpaired) electrons. The van der Waals surface area contributed by atoms with Gasteiger partial charge in [0, 0.05) is 25.2 Å². The van der Waals surface area contributed by atoms with Gasteiger partial charge in [-0.3, -0.25) is 14.4 Å². The van der Waals surface area contributed by atoms with Crippen molar-refractivity contribution in [3.63, 3.8) is 0 Å². The lowest BCUT2D eigenvalue weighted by atomic mass is 9.97. The molecule has 1 aliphatic rings. The van der Waals surface area contributed by atoms with Crippen molar-refractivity contribution >= 4 is 23.4 Å². The number of carbonyl (C=O) groups is 3. The number of hydrogen-bond donors (Lipinski definition) is 5. The molecule has 2 aromatic heterocycles. The predicted octanol–water partition coefficient (Wildman–Crippen LogP) is 2.01. The number of aliphatic hydroxyl groups excluding tert-OH is 1. The van der Waals surface area contributed by atoms with Crippen LogP contribution < -0.4 is 16.0 Å². The van der Waals surface area contributed by atoms with Crippen LogP contribution in [0.5, 0.6) is 0 Å². The number of aromatic nitrogens is 3. The van der Waals surface area contributed by atoms with E-state index in [2.05, 4.69) is 26.0 Å². The highest BCUT2D eigenvalue weighted by atomic mass is 19.2. The molecule has 13 heteroatoms. The molecule has 1 atom stereocenters. The van der Waals surface area contributed by atoms with Gasteiger partial charge in [0.1, 0.15) is 17.0 Å². The fourth-order valence-corrected chi connectivity index (χ4v) is 5.02. The standard InChI is InChI=1S/C28H26F2N6O5/c1-13-15-6-8-21(17(15)5-4-16(13)28(40)41)35-27(39)23-10-22(34-24-18(25(37)31-2)12-33-36(23)24)26(38)32-11-14-3-7-19(29)20(30)9-14/h3-5,7,9-10,12,21,28,40-41H,6,8,11H2,1-2H3,(H,31,37)(H,32,38)(H,35,39). The Morgan fingerprint density at radius 3 is 2.56 bits per heavy atom. The molecule has 5 N–H and O–H groups in total. The Labute approximate surface area is 232 Å². The van der Waals surface area contributed by atoms with Gasteiger partial charge < -0.3 is 26.2 Å². The van der Waals surface area contributed by atoms with Crippen molar-refractivity contribution in [2.45, 2.75) is 38.6 Å². The number of rotatable bonds is 7. The summed E-state index contributed by atoms with van der Waals surface area (Å²) in [5.74, 6) is -3.90. The lowest BCUT2D eigenvalue weighted by molar-refractivity contribution is -0.0429. The first-order chi connectivity index (χ1) is 19.6. The Morgan fingerprint density at radius 1 is 1.07 bits per heavy atom. The van der Waals surface area contributed by atoms with Crippen molar-refractivity contribution < 1.29 is 33.4 Å². The number of carbonyl (C=O) groups excluding carboxylic acids is 3.